The monoisotopic (exact) mass is 723 g/mol. The number of Topliss-reactive ketones (excluding diaryl/α,β-unsaturated/α-hetero) is 1. The molecule has 14 heteroatoms. The normalized spacial score (nSPS) is 27.3. The van der Waals surface area contributed by atoms with Gasteiger partial charge in [0.25, 0.3) is 0 Å². The van der Waals surface area contributed by atoms with Crippen LogP contribution in [0.2, 0.25) is 0 Å². The minimum absolute atomic E-state index is 0.00393. The Morgan fingerprint density at radius 1 is 1.06 bits per heavy atom. The van der Waals surface area contributed by atoms with Crippen molar-refractivity contribution in [2.45, 2.75) is 73.7 Å². The smallest absolute Gasteiger partial charge is 0.242 e. The van der Waals surface area contributed by atoms with Crippen LogP contribution in [0.3, 0.4) is 0 Å². The molecule has 5 N–H and O–H groups in total. The van der Waals surface area contributed by atoms with Gasteiger partial charge in [-0.1, -0.05) is 23.7 Å². The number of aliphatic hydroxyl groups excluding tert-OH is 2. The Hall–Kier alpha value is -5.25. The first-order valence-corrected chi connectivity index (χ1v) is 18.0. The van der Waals surface area contributed by atoms with Crippen LogP contribution in [-0.4, -0.2) is 97.2 Å². The van der Waals surface area contributed by atoms with E-state index in [4.69, 9.17) is 4.74 Å². The summed E-state index contributed by atoms with van der Waals surface area (Å²) in [5.41, 5.74) is -3.24. The summed E-state index contributed by atoms with van der Waals surface area (Å²) >= 11 is 1.32. The minimum atomic E-state index is -1.69. The summed E-state index contributed by atoms with van der Waals surface area (Å²) in [4.78, 5) is 78.9. The Kier molecular flexibility index (Phi) is 8.83. The number of epoxide rings is 1. The average Bonchev–Trinajstić information content (AvgIpc) is 3.78. The number of phenols is 1. The number of aromatic hydroxyl groups is 1. The van der Waals surface area contributed by atoms with Gasteiger partial charge in [-0.15, -0.1) is 0 Å². The summed E-state index contributed by atoms with van der Waals surface area (Å²) in [6.45, 7) is 1.62. The molecule has 5 aliphatic rings. The molecule has 2 bridgehead atoms. The number of aliphatic hydroxyl groups is 2. The zero-order valence-electron chi connectivity index (χ0n) is 28.1. The molecule has 3 aliphatic heterocycles. The van der Waals surface area contributed by atoms with Crippen molar-refractivity contribution in [1.29, 1.82) is 0 Å². The Balaban J connectivity index is 1.08. The van der Waals surface area contributed by atoms with Gasteiger partial charge in [0, 0.05) is 54.6 Å². The number of anilines is 2. The molecule has 1 unspecified atom stereocenters. The fourth-order valence-electron chi connectivity index (χ4n) is 7.62. The van der Waals surface area contributed by atoms with Crippen LogP contribution in [0.15, 0.2) is 36.4 Å². The molecule has 0 spiro atoms. The predicted molar refractivity (Wildman–Crippen MR) is 187 cm³/mol. The van der Waals surface area contributed by atoms with Gasteiger partial charge in [0.05, 0.1) is 28.2 Å². The summed E-state index contributed by atoms with van der Waals surface area (Å²) < 4.78 is 6.18. The van der Waals surface area contributed by atoms with Crippen molar-refractivity contribution < 1.29 is 48.8 Å². The third-order valence-electron chi connectivity index (χ3n) is 10.2. The number of rotatable bonds is 10. The number of nitrogens with one attached hydrogen (secondary N) is 2. The second-order valence-electron chi connectivity index (χ2n) is 13.2. The van der Waals surface area contributed by atoms with Gasteiger partial charge in [-0.3, -0.25) is 33.7 Å². The number of carbonyl (C=O) groups is 6. The molecule has 52 heavy (non-hydrogen) atoms. The van der Waals surface area contributed by atoms with Gasteiger partial charge in [-0.2, -0.15) is 11.8 Å². The van der Waals surface area contributed by atoms with Crippen LogP contribution in [-0.2, 0) is 29.5 Å². The van der Waals surface area contributed by atoms with Crippen LogP contribution in [0.5, 0.6) is 5.75 Å². The van der Waals surface area contributed by atoms with E-state index in [1.54, 1.807) is 6.26 Å². The van der Waals surface area contributed by atoms with E-state index in [-0.39, 0.29) is 89.0 Å². The number of benzene rings is 2. The maximum Gasteiger partial charge on any atom is 0.242 e. The highest BCUT2D eigenvalue weighted by Crippen LogP contribution is 2.67. The van der Waals surface area contributed by atoms with Crippen molar-refractivity contribution in [1.82, 2.24) is 4.90 Å². The Morgan fingerprint density at radius 2 is 1.79 bits per heavy atom. The van der Waals surface area contributed by atoms with Crippen LogP contribution in [0.4, 0.5) is 11.4 Å². The number of ketones is 3. The lowest BCUT2D eigenvalue weighted by atomic mass is 9.69. The number of hydrogen-bond donors (Lipinski definition) is 5. The van der Waals surface area contributed by atoms with Crippen LogP contribution < -0.4 is 10.6 Å². The number of fused-ring (bicyclic) bond motifs is 4. The summed E-state index contributed by atoms with van der Waals surface area (Å²) in [7, 11) is 0. The lowest BCUT2D eigenvalue weighted by Crippen LogP contribution is -2.54. The number of ether oxygens (including phenoxy) is 1. The van der Waals surface area contributed by atoms with E-state index < -0.39 is 57.9 Å². The Bertz CT molecular complexity index is 2160. The molecule has 2 fully saturated rings. The maximum atomic E-state index is 14.1. The second-order valence-corrected chi connectivity index (χ2v) is 14.2. The highest BCUT2D eigenvalue weighted by molar-refractivity contribution is 8.00. The molecule has 0 radical (unpaired) electrons. The number of phenolic OH excluding ortho intramolecular Hbond substituents is 1. The molecule has 0 saturated carbocycles. The number of allylic oxidation sites excluding steroid dienone is 2. The lowest BCUT2D eigenvalue weighted by Gasteiger charge is -2.37. The van der Waals surface area contributed by atoms with Gasteiger partial charge in [0.15, 0.2) is 28.9 Å². The third-order valence-corrected chi connectivity index (χ3v) is 11.1. The van der Waals surface area contributed by atoms with E-state index in [1.165, 1.54) is 60.0 Å². The molecule has 2 aromatic rings. The van der Waals surface area contributed by atoms with Crippen molar-refractivity contribution in [3.05, 3.63) is 64.2 Å². The molecular formula is C38H33N3O10S. The molecule has 3 amide bonds. The molecule has 2 aliphatic carbocycles. The summed E-state index contributed by atoms with van der Waals surface area (Å²) in [6, 6.07) is 4.42. The lowest BCUT2D eigenvalue weighted by molar-refractivity contribution is -0.138. The number of thioether (sulfide) groups is 1. The first kappa shape index (κ1) is 35.2. The predicted octanol–water partition coefficient (Wildman–Crippen LogP) is 1.80. The van der Waals surface area contributed by atoms with Crippen molar-refractivity contribution >= 4 is 58.2 Å². The van der Waals surface area contributed by atoms with Crippen LogP contribution in [0.25, 0.3) is 0 Å². The van der Waals surface area contributed by atoms with Gasteiger partial charge in [-0.25, -0.2) is 0 Å². The fourth-order valence-corrected chi connectivity index (χ4v) is 8.26. The van der Waals surface area contributed by atoms with Crippen molar-refractivity contribution in [3.63, 3.8) is 0 Å². The summed E-state index contributed by atoms with van der Waals surface area (Å²) in [5.74, 6) is 8.09. The number of likely N-dealkylation sites (tertiary alicyclic amines) is 1. The van der Waals surface area contributed by atoms with Crippen LogP contribution in [0, 0.1) is 23.7 Å². The first-order chi connectivity index (χ1) is 24.8. The second kappa shape index (κ2) is 13.1. The van der Waals surface area contributed by atoms with Crippen molar-refractivity contribution in [2.24, 2.45) is 0 Å². The van der Waals surface area contributed by atoms with Gasteiger partial charge < -0.3 is 30.7 Å². The quantitative estimate of drug-likeness (QED) is 0.0880. The molecule has 2 saturated heterocycles. The van der Waals surface area contributed by atoms with E-state index in [0.717, 1.165) is 0 Å². The van der Waals surface area contributed by atoms with Crippen LogP contribution >= 0.6 is 11.8 Å². The van der Waals surface area contributed by atoms with Crippen molar-refractivity contribution in [2.75, 3.05) is 23.4 Å². The standard InChI is InChI=1S/C38H33N3O10S/c1-19(42)37-27-9-5-3-4-6-10-28(45)38(37,51-37)24-17-25(44)31-32(33(24)40-27)34(48)22-13-11-20(16-23(22)35(31)49)39-29(46)14-12-21(43)8-7-15-41-30(47)18-26(52-2)36(41)50/h3-4,11,13,16-17,19,26-28,40,42,44-45H,7-8,12,14-15,18H2,1-2H3,(H,39,46)/b4-3-/t19-,26?,27+,28-,37+,38+/m1/s1. The van der Waals surface area contributed by atoms with E-state index >= 15 is 0 Å². The van der Waals surface area contributed by atoms with Gasteiger partial charge in [0.2, 0.25) is 17.7 Å². The zero-order valence-corrected chi connectivity index (χ0v) is 28.9. The Morgan fingerprint density at radius 3 is 2.50 bits per heavy atom. The van der Waals surface area contributed by atoms with Gasteiger partial charge in [-0.05, 0) is 56.0 Å². The molecule has 2 aromatic carbocycles. The Labute approximate surface area is 302 Å². The molecule has 13 nitrogen and oxygen atoms in total. The number of carbonyl (C=O) groups excluding carboxylic acids is 6. The van der Waals surface area contributed by atoms with Crippen LogP contribution in [0.1, 0.15) is 76.4 Å². The zero-order chi connectivity index (χ0) is 37.1. The number of nitrogens with zero attached hydrogens (tertiary/aromatic N) is 1. The maximum absolute atomic E-state index is 14.1. The van der Waals surface area contributed by atoms with E-state index in [9.17, 15) is 44.1 Å². The van der Waals surface area contributed by atoms with Gasteiger partial charge in [0.1, 0.15) is 17.6 Å². The number of imide groups is 1. The molecular weight excluding hydrogens is 690 g/mol. The van der Waals surface area contributed by atoms with Gasteiger partial charge >= 0.3 is 0 Å². The SMILES string of the molecule is CSC1CC(=O)N(CCCC(=O)CCC(=O)Nc2ccc3c(c2)C(=O)c2c(O)cc4c(c2C3=O)N[C@H]2C#C/C=C\C#C[C@@H](O)[C@@]43O[C@@]23[C@@H](C)O)C1=O. The minimum Gasteiger partial charge on any atom is -0.507 e. The van der Waals surface area contributed by atoms with Crippen molar-refractivity contribution in [3.8, 4) is 29.4 Å². The first-order valence-electron chi connectivity index (χ1n) is 16.7. The van der Waals surface area contributed by atoms with E-state index in [1.807, 2.05) is 0 Å². The molecule has 7 rings (SSSR count). The summed E-state index contributed by atoms with van der Waals surface area (Å²) in [6.07, 6.45) is 2.31. The molecule has 266 valence electrons. The number of amides is 3. The molecule has 6 atom stereocenters. The van der Waals surface area contributed by atoms with E-state index in [0.29, 0.717) is 6.42 Å². The largest absolute Gasteiger partial charge is 0.507 e. The third kappa shape index (κ3) is 5.33. The average molecular weight is 724 g/mol. The highest BCUT2D eigenvalue weighted by atomic mass is 32.2. The topological polar surface area (TPSA) is 203 Å². The molecule has 3 heterocycles. The highest BCUT2D eigenvalue weighted by Gasteiger charge is 2.82. The fraction of sp³-hybridized carbons (Fsp3) is 0.368. The summed E-state index contributed by atoms with van der Waals surface area (Å²) in [5, 5.41) is 38.9. The van der Waals surface area contributed by atoms with E-state index in [2.05, 4.69) is 34.3 Å². The molecule has 0 aromatic heterocycles. The number of hydrogen-bond acceptors (Lipinski definition) is 12.